The van der Waals surface area contributed by atoms with Gasteiger partial charge in [0.15, 0.2) is 0 Å². The monoisotopic (exact) mass is 219 g/mol. The molecule has 0 aromatic carbocycles. The van der Waals surface area contributed by atoms with Crippen molar-refractivity contribution in [3.63, 3.8) is 0 Å². The van der Waals surface area contributed by atoms with E-state index in [0.29, 0.717) is 18.8 Å². The lowest BCUT2D eigenvalue weighted by Crippen LogP contribution is -2.43. The first-order chi connectivity index (χ1) is 7.85. The number of hydrogen-bond donors (Lipinski definition) is 1. The number of morpholine rings is 1. The quantitative estimate of drug-likeness (QED) is 0.803. The van der Waals surface area contributed by atoms with Crippen LogP contribution in [-0.4, -0.2) is 30.3 Å². The smallest absolute Gasteiger partial charge is 0.128 e. The van der Waals surface area contributed by atoms with Crippen LogP contribution in [0.4, 0.5) is 5.82 Å². The van der Waals surface area contributed by atoms with Crippen LogP contribution in [0.1, 0.15) is 18.4 Å². The number of rotatable bonds is 2. The van der Waals surface area contributed by atoms with Crippen LogP contribution in [0.15, 0.2) is 18.3 Å². The minimum absolute atomic E-state index is 0.412. The molecule has 16 heavy (non-hydrogen) atoms. The van der Waals surface area contributed by atoms with Gasteiger partial charge in [-0.05, 0) is 24.5 Å². The molecule has 2 fully saturated rings. The number of anilines is 1. The van der Waals surface area contributed by atoms with E-state index in [4.69, 9.17) is 10.5 Å². The summed E-state index contributed by atoms with van der Waals surface area (Å²) in [7, 11) is 0. The Morgan fingerprint density at radius 3 is 2.62 bits per heavy atom. The van der Waals surface area contributed by atoms with Crippen molar-refractivity contribution in [1.29, 1.82) is 0 Å². The van der Waals surface area contributed by atoms with E-state index >= 15 is 0 Å². The molecule has 4 nitrogen and oxygen atoms in total. The Morgan fingerprint density at radius 1 is 1.31 bits per heavy atom. The van der Waals surface area contributed by atoms with Crippen molar-refractivity contribution in [2.45, 2.75) is 31.6 Å². The maximum Gasteiger partial charge on any atom is 0.128 e. The van der Waals surface area contributed by atoms with Crippen LogP contribution in [0.2, 0.25) is 0 Å². The van der Waals surface area contributed by atoms with Crippen molar-refractivity contribution in [2.24, 2.45) is 5.73 Å². The van der Waals surface area contributed by atoms with Crippen molar-refractivity contribution in [3.8, 4) is 0 Å². The third-order valence-electron chi connectivity index (χ3n) is 3.41. The van der Waals surface area contributed by atoms with Crippen molar-refractivity contribution in [2.75, 3.05) is 18.0 Å². The number of nitrogens with two attached hydrogens (primary N) is 1. The average molecular weight is 219 g/mol. The molecule has 86 valence electrons. The summed E-state index contributed by atoms with van der Waals surface area (Å²) < 4.78 is 5.80. The van der Waals surface area contributed by atoms with Gasteiger partial charge in [0.2, 0.25) is 0 Å². The summed E-state index contributed by atoms with van der Waals surface area (Å²) in [4.78, 5) is 6.79. The van der Waals surface area contributed by atoms with Crippen molar-refractivity contribution < 1.29 is 4.74 Å². The number of ether oxygens (including phenoxy) is 1. The molecular weight excluding hydrogens is 202 g/mol. The highest BCUT2D eigenvalue weighted by Gasteiger charge is 2.33. The molecule has 3 heterocycles. The van der Waals surface area contributed by atoms with E-state index in [2.05, 4.69) is 22.0 Å². The summed E-state index contributed by atoms with van der Waals surface area (Å²) in [6.45, 7) is 2.51. The van der Waals surface area contributed by atoms with Crippen LogP contribution in [-0.2, 0) is 11.3 Å². The van der Waals surface area contributed by atoms with Gasteiger partial charge < -0.3 is 15.4 Å². The molecule has 0 saturated carbocycles. The number of nitrogens with zero attached hydrogens (tertiary/aromatic N) is 2. The fraction of sp³-hybridized carbons (Fsp3) is 0.583. The summed E-state index contributed by atoms with van der Waals surface area (Å²) in [5.74, 6) is 1.05. The first-order valence-corrected chi connectivity index (χ1v) is 5.90. The fourth-order valence-corrected chi connectivity index (χ4v) is 2.53. The zero-order chi connectivity index (χ0) is 11.0. The molecule has 4 heteroatoms. The van der Waals surface area contributed by atoms with Gasteiger partial charge in [0, 0.05) is 25.8 Å². The fourth-order valence-electron chi connectivity index (χ4n) is 2.53. The Labute approximate surface area is 95.4 Å². The van der Waals surface area contributed by atoms with Crippen LogP contribution in [0.25, 0.3) is 0 Å². The zero-order valence-corrected chi connectivity index (χ0v) is 9.30. The highest BCUT2D eigenvalue weighted by molar-refractivity contribution is 5.40. The molecule has 2 aliphatic rings. The molecule has 2 aliphatic heterocycles. The van der Waals surface area contributed by atoms with Gasteiger partial charge in [-0.2, -0.15) is 0 Å². The molecule has 2 atom stereocenters. The highest BCUT2D eigenvalue weighted by Crippen LogP contribution is 2.28. The summed E-state index contributed by atoms with van der Waals surface area (Å²) in [5.41, 5.74) is 6.64. The Kier molecular flexibility index (Phi) is 2.53. The van der Waals surface area contributed by atoms with E-state index in [0.717, 1.165) is 24.5 Å². The molecular formula is C12H17N3O. The number of aromatic nitrogens is 1. The SMILES string of the molecule is NCc1ccc(N2CC3CCC(C2)O3)nc1. The lowest BCUT2D eigenvalue weighted by molar-refractivity contribution is 0.0302. The second-order valence-corrected chi connectivity index (χ2v) is 4.59. The minimum atomic E-state index is 0.412. The standard InChI is InChI=1S/C12H17N3O/c13-5-9-1-4-12(14-6-9)15-7-10-2-3-11(8-15)16-10/h1,4,6,10-11H,2-3,5,7-8,13H2. The van der Waals surface area contributed by atoms with Gasteiger partial charge in [0.25, 0.3) is 0 Å². The average Bonchev–Trinajstić information content (AvgIpc) is 2.68. The van der Waals surface area contributed by atoms with Crippen LogP contribution in [0, 0.1) is 0 Å². The maximum absolute atomic E-state index is 5.80. The maximum atomic E-state index is 5.80. The van der Waals surface area contributed by atoms with Gasteiger partial charge in [-0.1, -0.05) is 6.07 Å². The first-order valence-electron chi connectivity index (χ1n) is 5.90. The van der Waals surface area contributed by atoms with E-state index < -0.39 is 0 Å². The lowest BCUT2D eigenvalue weighted by atomic mass is 10.2. The number of pyridine rings is 1. The predicted octanol–water partition coefficient (Wildman–Crippen LogP) is 0.908. The van der Waals surface area contributed by atoms with E-state index in [-0.39, 0.29) is 0 Å². The third-order valence-corrected chi connectivity index (χ3v) is 3.41. The van der Waals surface area contributed by atoms with Gasteiger partial charge in [-0.25, -0.2) is 4.98 Å². The summed E-state index contributed by atoms with van der Waals surface area (Å²) >= 11 is 0. The number of fused-ring (bicyclic) bond motifs is 2. The molecule has 0 amide bonds. The van der Waals surface area contributed by atoms with Crippen LogP contribution >= 0.6 is 0 Å². The van der Waals surface area contributed by atoms with Gasteiger partial charge in [0.1, 0.15) is 5.82 Å². The molecule has 2 saturated heterocycles. The zero-order valence-electron chi connectivity index (χ0n) is 9.30. The van der Waals surface area contributed by atoms with Crippen LogP contribution in [0.5, 0.6) is 0 Å². The van der Waals surface area contributed by atoms with Gasteiger partial charge in [0.05, 0.1) is 12.2 Å². The van der Waals surface area contributed by atoms with E-state index in [1.807, 2.05) is 6.20 Å². The summed E-state index contributed by atoms with van der Waals surface area (Å²) in [5, 5.41) is 0. The lowest BCUT2D eigenvalue weighted by Gasteiger charge is -2.32. The van der Waals surface area contributed by atoms with E-state index in [9.17, 15) is 0 Å². The second-order valence-electron chi connectivity index (χ2n) is 4.59. The molecule has 0 spiro atoms. The number of hydrogen-bond acceptors (Lipinski definition) is 4. The highest BCUT2D eigenvalue weighted by atomic mass is 16.5. The van der Waals surface area contributed by atoms with Gasteiger partial charge in [-0.15, -0.1) is 0 Å². The Hall–Kier alpha value is -1.13. The molecule has 0 radical (unpaired) electrons. The molecule has 1 aromatic heterocycles. The van der Waals surface area contributed by atoms with E-state index in [1.165, 1.54) is 12.8 Å². The molecule has 1 aromatic rings. The Morgan fingerprint density at radius 2 is 2.06 bits per heavy atom. The molecule has 0 aliphatic carbocycles. The van der Waals surface area contributed by atoms with Crippen molar-refractivity contribution >= 4 is 5.82 Å². The molecule has 2 bridgehead atoms. The summed E-state index contributed by atoms with van der Waals surface area (Å²) in [6.07, 6.45) is 5.08. The Bertz CT molecular complexity index is 353. The largest absolute Gasteiger partial charge is 0.371 e. The topological polar surface area (TPSA) is 51.4 Å². The van der Waals surface area contributed by atoms with Crippen molar-refractivity contribution in [1.82, 2.24) is 4.98 Å². The second kappa shape index (κ2) is 4.03. The Balaban J connectivity index is 1.76. The minimum Gasteiger partial charge on any atom is -0.371 e. The van der Waals surface area contributed by atoms with E-state index in [1.54, 1.807) is 0 Å². The summed E-state index contributed by atoms with van der Waals surface area (Å²) in [6, 6.07) is 4.12. The first kappa shape index (κ1) is 10.1. The van der Waals surface area contributed by atoms with Crippen LogP contribution < -0.4 is 10.6 Å². The third kappa shape index (κ3) is 1.79. The molecule has 2 unspecified atom stereocenters. The van der Waals surface area contributed by atoms with Crippen molar-refractivity contribution in [3.05, 3.63) is 23.9 Å². The van der Waals surface area contributed by atoms with Crippen LogP contribution in [0.3, 0.4) is 0 Å². The molecule has 3 rings (SSSR count). The van der Waals surface area contributed by atoms with Gasteiger partial charge >= 0.3 is 0 Å². The normalized spacial score (nSPS) is 28.4. The predicted molar refractivity (Wildman–Crippen MR) is 62.2 cm³/mol. The van der Waals surface area contributed by atoms with Gasteiger partial charge in [-0.3, -0.25) is 0 Å². The molecule has 2 N–H and O–H groups in total.